The molecule has 0 bridgehead atoms. The third kappa shape index (κ3) is 3.43. The van der Waals surface area contributed by atoms with E-state index in [2.05, 4.69) is 4.98 Å². The molecule has 0 amide bonds. The molecule has 4 nitrogen and oxygen atoms in total. The zero-order valence-electron chi connectivity index (χ0n) is 10.8. The van der Waals surface area contributed by atoms with Crippen LogP contribution < -0.4 is 4.74 Å². The summed E-state index contributed by atoms with van der Waals surface area (Å²) >= 11 is 0. The third-order valence-electron chi connectivity index (χ3n) is 3.60. The van der Waals surface area contributed by atoms with Crippen molar-refractivity contribution >= 4 is 0 Å². The van der Waals surface area contributed by atoms with Crippen molar-refractivity contribution in [2.75, 3.05) is 13.7 Å². The van der Waals surface area contributed by atoms with Gasteiger partial charge in [-0.2, -0.15) is 0 Å². The van der Waals surface area contributed by atoms with Crippen molar-refractivity contribution in [1.82, 2.24) is 4.98 Å². The predicted octanol–water partition coefficient (Wildman–Crippen LogP) is 2.16. The molecular weight excluding hydrogens is 230 g/mol. The first-order valence-corrected chi connectivity index (χ1v) is 6.55. The van der Waals surface area contributed by atoms with Crippen LogP contribution >= 0.6 is 0 Å². The van der Waals surface area contributed by atoms with Crippen LogP contribution in [0.5, 0.6) is 5.75 Å². The number of aliphatic hydroxyl groups excluding tert-OH is 1. The molecule has 100 valence electrons. The normalized spacial score (nSPS) is 17.9. The number of aliphatic hydroxyl groups is 1. The van der Waals surface area contributed by atoms with Gasteiger partial charge in [-0.3, -0.25) is 4.98 Å². The summed E-state index contributed by atoms with van der Waals surface area (Å²) in [6.45, 7) is 0.532. The second-order valence-electron chi connectivity index (χ2n) is 4.77. The molecule has 4 heteroatoms. The summed E-state index contributed by atoms with van der Waals surface area (Å²) < 4.78 is 11.2. The average Bonchev–Trinajstić information content (AvgIpc) is 2.94. The van der Waals surface area contributed by atoms with Gasteiger partial charge in [-0.25, -0.2) is 0 Å². The number of rotatable bonds is 6. The van der Waals surface area contributed by atoms with Crippen molar-refractivity contribution < 1.29 is 14.6 Å². The van der Waals surface area contributed by atoms with Crippen molar-refractivity contribution in [2.24, 2.45) is 5.92 Å². The summed E-state index contributed by atoms with van der Waals surface area (Å²) in [6.07, 6.45) is 6.90. The SMILES string of the molecule is COC(COc1ccc(CO)nc1)C1CCCC1. The first-order chi connectivity index (χ1) is 8.83. The molecule has 1 atom stereocenters. The van der Waals surface area contributed by atoms with Crippen molar-refractivity contribution in [1.29, 1.82) is 0 Å². The maximum absolute atomic E-state index is 8.90. The molecule has 1 N–H and O–H groups in total. The molecule has 1 aliphatic carbocycles. The number of hydrogen-bond donors (Lipinski definition) is 1. The molecule has 1 unspecified atom stereocenters. The smallest absolute Gasteiger partial charge is 0.137 e. The van der Waals surface area contributed by atoms with E-state index in [4.69, 9.17) is 14.6 Å². The van der Waals surface area contributed by atoms with Crippen LogP contribution in [0.3, 0.4) is 0 Å². The molecule has 0 aromatic carbocycles. The van der Waals surface area contributed by atoms with Gasteiger partial charge >= 0.3 is 0 Å². The van der Waals surface area contributed by atoms with E-state index in [9.17, 15) is 0 Å². The number of aromatic nitrogens is 1. The van der Waals surface area contributed by atoms with E-state index < -0.39 is 0 Å². The molecular formula is C14H21NO3. The van der Waals surface area contributed by atoms with Gasteiger partial charge in [0.15, 0.2) is 0 Å². The van der Waals surface area contributed by atoms with Crippen LogP contribution in [-0.4, -0.2) is 29.9 Å². The molecule has 0 spiro atoms. The van der Waals surface area contributed by atoms with E-state index in [1.165, 1.54) is 25.7 Å². The van der Waals surface area contributed by atoms with E-state index in [0.717, 1.165) is 5.75 Å². The van der Waals surface area contributed by atoms with Gasteiger partial charge in [0.25, 0.3) is 0 Å². The first-order valence-electron chi connectivity index (χ1n) is 6.55. The fraction of sp³-hybridized carbons (Fsp3) is 0.643. The number of nitrogens with zero attached hydrogens (tertiary/aromatic N) is 1. The van der Waals surface area contributed by atoms with Gasteiger partial charge in [-0.15, -0.1) is 0 Å². The van der Waals surface area contributed by atoms with Crippen molar-refractivity contribution in [3.8, 4) is 5.75 Å². The lowest BCUT2D eigenvalue weighted by molar-refractivity contribution is 0.0172. The molecule has 0 aliphatic heterocycles. The van der Waals surface area contributed by atoms with Crippen LogP contribution in [0.4, 0.5) is 0 Å². The lowest BCUT2D eigenvalue weighted by Crippen LogP contribution is -2.27. The molecule has 1 aliphatic rings. The van der Waals surface area contributed by atoms with E-state index in [1.54, 1.807) is 19.4 Å². The molecule has 2 rings (SSSR count). The number of hydrogen-bond acceptors (Lipinski definition) is 4. The van der Waals surface area contributed by atoms with Crippen molar-refractivity contribution in [3.05, 3.63) is 24.0 Å². The topological polar surface area (TPSA) is 51.6 Å². The maximum Gasteiger partial charge on any atom is 0.137 e. The molecule has 0 saturated heterocycles. The Kier molecular flexibility index (Phi) is 4.96. The van der Waals surface area contributed by atoms with Crippen molar-refractivity contribution in [3.63, 3.8) is 0 Å². The van der Waals surface area contributed by atoms with Gasteiger partial charge in [0.1, 0.15) is 12.4 Å². The fourth-order valence-corrected chi connectivity index (χ4v) is 2.49. The van der Waals surface area contributed by atoms with E-state index >= 15 is 0 Å². The molecule has 1 saturated carbocycles. The monoisotopic (exact) mass is 251 g/mol. The molecule has 18 heavy (non-hydrogen) atoms. The Labute approximate surface area is 108 Å². The zero-order valence-corrected chi connectivity index (χ0v) is 10.8. The lowest BCUT2D eigenvalue weighted by atomic mass is 10.0. The van der Waals surface area contributed by atoms with E-state index in [1.807, 2.05) is 6.07 Å². The highest BCUT2D eigenvalue weighted by molar-refractivity contribution is 5.19. The Balaban J connectivity index is 1.84. The van der Waals surface area contributed by atoms with E-state index in [0.29, 0.717) is 18.2 Å². The number of methoxy groups -OCH3 is 1. The second-order valence-corrected chi connectivity index (χ2v) is 4.77. The van der Waals surface area contributed by atoms with Gasteiger partial charge in [-0.05, 0) is 30.9 Å². The van der Waals surface area contributed by atoms with Crippen LogP contribution in [0.1, 0.15) is 31.4 Å². The van der Waals surface area contributed by atoms with Gasteiger partial charge in [-0.1, -0.05) is 12.8 Å². The Hall–Kier alpha value is -1.13. The fourth-order valence-electron chi connectivity index (χ4n) is 2.49. The summed E-state index contributed by atoms with van der Waals surface area (Å²) in [5.41, 5.74) is 0.654. The molecule has 1 aromatic rings. The van der Waals surface area contributed by atoms with Gasteiger partial charge in [0, 0.05) is 7.11 Å². The van der Waals surface area contributed by atoms with Gasteiger partial charge < -0.3 is 14.6 Å². The lowest BCUT2D eigenvalue weighted by Gasteiger charge is -2.22. The van der Waals surface area contributed by atoms with Crippen LogP contribution in [0.25, 0.3) is 0 Å². The van der Waals surface area contributed by atoms with Gasteiger partial charge in [0.2, 0.25) is 0 Å². The highest BCUT2D eigenvalue weighted by atomic mass is 16.5. The predicted molar refractivity (Wildman–Crippen MR) is 68.4 cm³/mol. The van der Waals surface area contributed by atoms with Crippen LogP contribution in [-0.2, 0) is 11.3 Å². The van der Waals surface area contributed by atoms with E-state index in [-0.39, 0.29) is 12.7 Å². The summed E-state index contributed by atoms with van der Waals surface area (Å²) in [5.74, 6) is 1.35. The summed E-state index contributed by atoms with van der Waals surface area (Å²) in [5, 5.41) is 8.90. The largest absolute Gasteiger partial charge is 0.489 e. The minimum Gasteiger partial charge on any atom is -0.489 e. The quantitative estimate of drug-likeness (QED) is 0.841. The third-order valence-corrected chi connectivity index (χ3v) is 3.60. The average molecular weight is 251 g/mol. The van der Waals surface area contributed by atoms with Crippen molar-refractivity contribution in [2.45, 2.75) is 38.4 Å². The highest BCUT2D eigenvalue weighted by Crippen LogP contribution is 2.29. The number of pyridine rings is 1. The standard InChI is InChI=1S/C14H21NO3/c1-17-14(11-4-2-3-5-11)10-18-13-7-6-12(9-16)15-8-13/h6-8,11,14,16H,2-5,9-10H2,1H3. The first kappa shape index (κ1) is 13.3. The maximum atomic E-state index is 8.90. The minimum atomic E-state index is -0.0386. The summed E-state index contributed by atoms with van der Waals surface area (Å²) in [4.78, 5) is 4.08. The second kappa shape index (κ2) is 6.71. The summed E-state index contributed by atoms with van der Waals surface area (Å²) in [7, 11) is 1.75. The zero-order chi connectivity index (χ0) is 12.8. The molecule has 1 heterocycles. The number of ether oxygens (including phenoxy) is 2. The molecule has 1 aromatic heterocycles. The Morgan fingerprint density at radius 3 is 2.72 bits per heavy atom. The Morgan fingerprint density at radius 1 is 1.39 bits per heavy atom. The van der Waals surface area contributed by atoms with Gasteiger partial charge in [0.05, 0.1) is 24.6 Å². The highest BCUT2D eigenvalue weighted by Gasteiger charge is 2.25. The van der Waals surface area contributed by atoms with Crippen LogP contribution in [0.2, 0.25) is 0 Å². The van der Waals surface area contributed by atoms with Crippen LogP contribution in [0.15, 0.2) is 18.3 Å². The molecule has 0 radical (unpaired) electrons. The Morgan fingerprint density at radius 2 is 2.17 bits per heavy atom. The molecule has 1 fully saturated rings. The van der Waals surface area contributed by atoms with Crippen LogP contribution in [0, 0.1) is 5.92 Å². The summed E-state index contributed by atoms with van der Waals surface area (Å²) in [6, 6.07) is 3.60. The minimum absolute atomic E-state index is 0.0386. The Bertz CT molecular complexity index is 347.